The van der Waals surface area contributed by atoms with Crippen LogP contribution in [0.1, 0.15) is 34.2 Å². The predicted octanol–water partition coefficient (Wildman–Crippen LogP) is 3.40. The van der Waals surface area contributed by atoms with Gasteiger partial charge in [-0.25, -0.2) is 4.98 Å². The van der Waals surface area contributed by atoms with Crippen molar-refractivity contribution in [2.75, 3.05) is 31.1 Å². The Morgan fingerprint density at radius 1 is 1.11 bits per heavy atom. The number of aryl methyl sites for hydroxylation is 4. The fourth-order valence-electron chi connectivity index (χ4n) is 3.69. The third-order valence-corrected chi connectivity index (χ3v) is 6.22. The molecule has 0 saturated carbocycles. The van der Waals surface area contributed by atoms with E-state index in [1.165, 1.54) is 15.8 Å². The van der Waals surface area contributed by atoms with Gasteiger partial charge in [-0.1, -0.05) is 17.4 Å². The van der Waals surface area contributed by atoms with E-state index in [1.54, 1.807) is 11.3 Å². The van der Waals surface area contributed by atoms with E-state index in [0.29, 0.717) is 18.8 Å². The van der Waals surface area contributed by atoms with Crippen LogP contribution < -0.4 is 4.90 Å². The summed E-state index contributed by atoms with van der Waals surface area (Å²) >= 11 is 1.74. The Morgan fingerprint density at radius 2 is 1.85 bits per heavy atom. The number of hydrogen-bond acceptors (Lipinski definition) is 5. The Morgan fingerprint density at radius 3 is 2.52 bits per heavy atom. The Balaban J connectivity index is 1.47. The highest BCUT2D eigenvalue weighted by Crippen LogP contribution is 2.32. The summed E-state index contributed by atoms with van der Waals surface area (Å²) in [7, 11) is 0. The van der Waals surface area contributed by atoms with Crippen LogP contribution in [0.25, 0.3) is 10.2 Å². The number of carbonyl (C=O) groups is 1. The van der Waals surface area contributed by atoms with Gasteiger partial charge in [0.05, 0.1) is 10.2 Å². The van der Waals surface area contributed by atoms with Crippen LogP contribution in [0.3, 0.4) is 0 Å². The molecule has 1 aliphatic rings. The van der Waals surface area contributed by atoms with Gasteiger partial charge >= 0.3 is 0 Å². The zero-order valence-electron chi connectivity index (χ0n) is 16.3. The molecule has 0 unspecified atom stereocenters. The van der Waals surface area contributed by atoms with Crippen LogP contribution in [0, 0.1) is 20.8 Å². The average molecular weight is 384 g/mol. The highest BCUT2D eigenvalue weighted by atomic mass is 32.1. The smallest absolute Gasteiger partial charge is 0.274 e. The van der Waals surface area contributed by atoms with Crippen LogP contribution in [-0.2, 0) is 6.54 Å². The van der Waals surface area contributed by atoms with Gasteiger partial charge in [0.25, 0.3) is 5.91 Å². The van der Waals surface area contributed by atoms with Gasteiger partial charge in [-0.3, -0.25) is 9.48 Å². The first-order valence-corrected chi connectivity index (χ1v) is 10.2. The van der Waals surface area contributed by atoms with E-state index in [2.05, 4.69) is 36.0 Å². The first kappa shape index (κ1) is 18.0. The van der Waals surface area contributed by atoms with Crippen LogP contribution in [0.2, 0.25) is 0 Å². The molecule has 0 spiro atoms. The van der Waals surface area contributed by atoms with E-state index < -0.39 is 0 Å². The largest absolute Gasteiger partial charge is 0.345 e. The number of fused-ring (bicyclic) bond motifs is 1. The van der Waals surface area contributed by atoms with E-state index in [1.807, 2.05) is 29.5 Å². The van der Waals surface area contributed by atoms with Gasteiger partial charge in [-0.15, -0.1) is 0 Å². The number of anilines is 1. The van der Waals surface area contributed by atoms with Crippen molar-refractivity contribution in [3.05, 3.63) is 40.7 Å². The summed E-state index contributed by atoms with van der Waals surface area (Å²) in [5.74, 6) is 0.0284. The Labute approximate surface area is 163 Å². The second kappa shape index (κ2) is 6.96. The molecule has 1 aromatic carbocycles. The molecule has 0 bridgehead atoms. The lowest BCUT2D eigenvalue weighted by Crippen LogP contribution is -2.48. The lowest BCUT2D eigenvalue weighted by atomic mass is 10.1. The van der Waals surface area contributed by atoms with Crippen molar-refractivity contribution in [2.45, 2.75) is 34.2 Å². The normalized spacial score (nSPS) is 15.0. The van der Waals surface area contributed by atoms with Crippen molar-refractivity contribution in [1.82, 2.24) is 19.7 Å². The molecule has 1 amide bonds. The van der Waals surface area contributed by atoms with Gasteiger partial charge in [0.15, 0.2) is 10.8 Å². The van der Waals surface area contributed by atoms with Gasteiger partial charge < -0.3 is 9.80 Å². The molecule has 3 aromatic rings. The summed E-state index contributed by atoms with van der Waals surface area (Å²) in [5, 5.41) is 5.48. The fourth-order valence-corrected chi connectivity index (χ4v) is 4.89. The highest BCUT2D eigenvalue weighted by molar-refractivity contribution is 7.22. The molecule has 1 aliphatic heterocycles. The number of rotatable bonds is 3. The Kier molecular flexibility index (Phi) is 4.63. The summed E-state index contributed by atoms with van der Waals surface area (Å²) in [6.07, 6.45) is 0. The number of piperazine rings is 1. The maximum atomic E-state index is 12.8. The van der Waals surface area contributed by atoms with Crippen molar-refractivity contribution >= 4 is 32.6 Å². The van der Waals surface area contributed by atoms with Crippen molar-refractivity contribution in [2.24, 2.45) is 0 Å². The molecule has 1 saturated heterocycles. The zero-order chi connectivity index (χ0) is 19.1. The van der Waals surface area contributed by atoms with Gasteiger partial charge in [0, 0.05) is 38.4 Å². The van der Waals surface area contributed by atoms with Gasteiger partial charge in [0.1, 0.15) is 0 Å². The second-order valence-electron chi connectivity index (χ2n) is 7.19. The molecule has 6 nitrogen and oxygen atoms in total. The van der Waals surface area contributed by atoms with Crippen molar-refractivity contribution in [1.29, 1.82) is 0 Å². The summed E-state index contributed by atoms with van der Waals surface area (Å²) < 4.78 is 3.11. The number of thiazole rings is 1. The van der Waals surface area contributed by atoms with Crippen molar-refractivity contribution in [3.63, 3.8) is 0 Å². The highest BCUT2D eigenvalue weighted by Gasteiger charge is 2.25. The third-order valence-electron chi connectivity index (χ3n) is 5.16. The summed E-state index contributed by atoms with van der Waals surface area (Å²) in [6, 6.07) is 6.27. The minimum Gasteiger partial charge on any atom is -0.345 e. The maximum absolute atomic E-state index is 12.8. The predicted molar refractivity (Wildman–Crippen MR) is 110 cm³/mol. The molecule has 27 heavy (non-hydrogen) atoms. The summed E-state index contributed by atoms with van der Waals surface area (Å²) in [5.41, 5.74) is 5.17. The van der Waals surface area contributed by atoms with E-state index in [0.717, 1.165) is 36.0 Å². The molecule has 7 heteroatoms. The third kappa shape index (κ3) is 3.32. The van der Waals surface area contributed by atoms with Crippen LogP contribution in [0.5, 0.6) is 0 Å². The number of amides is 1. The van der Waals surface area contributed by atoms with Crippen LogP contribution in [-0.4, -0.2) is 51.8 Å². The molecule has 1 fully saturated rings. The zero-order valence-corrected chi connectivity index (χ0v) is 17.1. The number of hydrogen-bond donors (Lipinski definition) is 0. The topological polar surface area (TPSA) is 54.3 Å². The molecule has 0 radical (unpaired) electrons. The molecule has 4 rings (SSSR count). The first-order chi connectivity index (χ1) is 13.0. The quantitative estimate of drug-likeness (QED) is 0.696. The fraction of sp³-hybridized carbons (Fsp3) is 0.450. The van der Waals surface area contributed by atoms with Crippen LogP contribution >= 0.6 is 11.3 Å². The number of carbonyl (C=O) groups excluding carboxylic acids is 1. The Hall–Kier alpha value is -2.41. The van der Waals surface area contributed by atoms with Crippen molar-refractivity contribution < 1.29 is 4.79 Å². The monoisotopic (exact) mass is 383 g/mol. The van der Waals surface area contributed by atoms with E-state index in [-0.39, 0.29) is 5.91 Å². The van der Waals surface area contributed by atoms with Crippen LogP contribution in [0.4, 0.5) is 5.13 Å². The van der Waals surface area contributed by atoms with E-state index in [9.17, 15) is 4.79 Å². The number of aromatic nitrogens is 3. The van der Waals surface area contributed by atoms with E-state index >= 15 is 0 Å². The minimum absolute atomic E-state index is 0.0284. The lowest BCUT2D eigenvalue weighted by Gasteiger charge is -2.34. The van der Waals surface area contributed by atoms with Gasteiger partial charge in [-0.2, -0.15) is 5.10 Å². The molecule has 3 heterocycles. The molecular formula is C20H25N5OS. The average Bonchev–Trinajstić information content (AvgIpc) is 3.25. The summed E-state index contributed by atoms with van der Waals surface area (Å²) in [6.45, 7) is 12.0. The molecule has 0 N–H and O–H groups in total. The van der Waals surface area contributed by atoms with Gasteiger partial charge in [0.2, 0.25) is 0 Å². The van der Waals surface area contributed by atoms with Crippen LogP contribution in [0.15, 0.2) is 18.2 Å². The molecular weight excluding hydrogens is 358 g/mol. The maximum Gasteiger partial charge on any atom is 0.274 e. The van der Waals surface area contributed by atoms with Gasteiger partial charge in [-0.05, 0) is 51.0 Å². The lowest BCUT2D eigenvalue weighted by molar-refractivity contribution is 0.0740. The SMILES string of the molecule is CCn1nc(C(=O)N2CCN(c3nc4c(C)cc(C)cc4s3)CC2)cc1C. The second-order valence-corrected chi connectivity index (χ2v) is 8.20. The number of nitrogens with zero attached hydrogens (tertiary/aromatic N) is 5. The molecule has 0 atom stereocenters. The number of benzene rings is 1. The minimum atomic E-state index is 0.0284. The molecule has 0 aliphatic carbocycles. The first-order valence-electron chi connectivity index (χ1n) is 9.42. The Bertz CT molecular complexity index is 997. The summed E-state index contributed by atoms with van der Waals surface area (Å²) in [4.78, 5) is 21.8. The standard InChI is InChI=1S/C20H25N5OS/c1-5-25-15(4)12-16(22-25)19(26)23-6-8-24(9-7-23)20-21-18-14(3)10-13(2)11-17(18)27-20/h10-12H,5-9H2,1-4H3. The molecule has 142 valence electrons. The molecule has 2 aromatic heterocycles. The van der Waals surface area contributed by atoms with E-state index in [4.69, 9.17) is 4.98 Å². The van der Waals surface area contributed by atoms with Crippen molar-refractivity contribution in [3.8, 4) is 0 Å².